The van der Waals surface area contributed by atoms with E-state index in [-0.39, 0.29) is 18.0 Å². The van der Waals surface area contributed by atoms with Crippen LogP contribution in [0.2, 0.25) is 0 Å². The number of carbonyl (C=O) groups is 2. The van der Waals surface area contributed by atoms with Gasteiger partial charge < -0.3 is 24.8 Å². The molecule has 2 aromatic carbocycles. The Bertz CT molecular complexity index is 1570. The topological polar surface area (TPSA) is 105 Å². The van der Waals surface area contributed by atoms with Crippen molar-refractivity contribution in [3.05, 3.63) is 96.3 Å². The Hall–Kier alpha value is -4.54. The van der Waals surface area contributed by atoms with Crippen LogP contribution in [0.5, 0.6) is 0 Å². The third-order valence-electron chi connectivity index (χ3n) is 7.88. The number of aromatic nitrogens is 3. The molecule has 6 rings (SSSR count). The Morgan fingerprint density at radius 2 is 1.81 bits per heavy atom. The number of nitrogens with one attached hydrogen (secondary N) is 2. The van der Waals surface area contributed by atoms with E-state index in [9.17, 15) is 9.59 Å². The number of amides is 3. The van der Waals surface area contributed by atoms with Crippen molar-refractivity contribution < 1.29 is 14.3 Å². The number of hydrogen-bond donors (Lipinski definition) is 2. The van der Waals surface area contributed by atoms with Gasteiger partial charge in [-0.3, -0.25) is 14.7 Å². The number of ether oxygens (including phenoxy) is 1. The molecule has 0 radical (unpaired) electrons. The van der Waals surface area contributed by atoms with Crippen molar-refractivity contribution in [1.82, 2.24) is 29.7 Å². The van der Waals surface area contributed by atoms with Gasteiger partial charge in [-0.25, -0.2) is 9.78 Å². The van der Waals surface area contributed by atoms with E-state index in [2.05, 4.69) is 31.6 Å². The molecule has 2 N–H and O–H groups in total. The number of rotatable bonds is 7. The number of piperidine rings is 1. The first-order chi connectivity index (χ1) is 21.0. The molecule has 43 heavy (non-hydrogen) atoms. The minimum atomic E-state index is -0.272. The molecule has 222 valence electrons. The molecule has 2 saturated heterocycles. The van der Waals surface area contributed by atoms with Gasteiger partial charge in [0.05, 0.1) is 25.2 Å². The summed E-state index contributed by atoms with van der Waals surface area (Å²) in [5, 5.41) is 6.31. The monoisotopic (exact) mass is 579 g/mol. The zero-order valence-electron chi connectivity index (χ0n) is 24.4. The van der Waals surface area contributed by atoms with E-state index >= 15 is 0 Å². The highest BCUT2D eigenvalue weighted by Gasteiger charge is 2.25. The summed E-state index contributed by atoms with van der Waals surface area (Å²) in [6.07, 6.45) is 7.37. The SMILES string of the molecule is Cc1cn(-c2cc(CN3CCCC(NC(=O)N4CCOCC4)C3)cc(NC(=O)c3cc(-c4ccccc4)ccn3)c2)cn1. The van der Waals surface area contributed by atoms with Gasteiger partial charge >= 0.3 is 6.03 Å². The maximum atomic E-state index is 13.4. The molecule has 0 spiro atoms. The molecule has 0 aliphatic carbocycles. The van der Waals surface area contributed by atoms with Gasteiger partial charge in [0.1, 0.15) is 5.69 Å². The van der Waals surface area contributed by atoms with Gasteiger partial charge in [-0.1, -0.05) is 30.3 Å². The van der Waals surface area contributed by atoms with Crippen LogP contribution in [0.4, 0.5) is 10.5 Å². The maximum absolute atomic E-state index is 13.4. The van der Waals surface area contributed by atoms with Gasteiger partial charge in [0, 0.05) is 56.0 Å². The highest BCUT2D eigenvalue weighted by molar-refractivity contribution is 6.03. The van der Waals surface area contributed by atoms with Gasteiger partial charge in [-0.2, -0.15) is 0 Å². The largest absolute Gasteiger partial charge is 0.378 e. The van der Waals surface area contributed by atoms with Crippen molar-refractivity contribution in [2.45, 2.75) is 32.4 Å². The van der Waals surface area contributed by atoms with E-state index < -0.39 is 0 Å². The molecule has 0 bridgehead atoms. The highest BCUT2D eigenvalue weighted by Crippen LogP contribution is 2.24. The number of pyridine rings is 1. The molecule has 4 aromatic rings. The molecule has 1 atom stereocenters. The first-order valence-electron chi connectivity index (χ1n) is 14.8. The zero-order chi connectivity index (χ0) is 29.6. The first-order valence-corrected chi connectivity index (χ1v) is 14.8. The minimum Gasteiger partial charge on any atom is -0.378 e. The summed E-state index contributed by atoms with van der Waals surface area (Å²) in [5.41, 5.74) is 5.88. The molecule has 2 aliphatic rings. The number of anilines is 1. The lowest BCUT2D eigenvalue weighted by Gasteiger charge is -2.35. The predicted octanol–water partition coefficient (Wildman–Crippen LogP) is 4.50. The number of aryl methyl sites for hydroxylation is 1. The fourth-order valence-electron chi connectivity index (χ4n) is 5.72. The number of morpholine rings is 1. The van der Waals surface area contributed by atoms with E-state index in [0.29, 0.717) is 44.2 Å². The molecule has 0 saturated carbocycles. The second kappa shape index (κ2) is 13.2. The zero-order valence-corrected chi connectivity index (χ0v) is 24.4. The van der Waals surface area contributed by atoms with Crippen LogP contribution in [-0.2, 0) is 11.3 Å². The highest BCUT2D eigenvalue weighted by atomic mass is 16.5. The average Bonchev–Trinajstić information content (AvgIpc) is 3.48. The van der Waals surface area contributed by atoms with Gasteiger partial charge in [0.25, 0.3) is 5.91 Å². The summed E-state index contributed by atoms with van der Waals surface area (Å²) < 4.78 is 7.35. The van der Waals surface area contributed by atoms with Crippen LogP contribution in [0, 0.1) is 6.92 Å². The number of likely N-dealkylation sites (tertiary alicyclic amines) is 1. The second-order valence-electron chi connectivity index (χ2n) is 11.2. The molecule has 1 unspecified atom stereocenters. The molecule has 2 aliphatic heterocycles. The lowest BCUT2D eigenvalue weighted by molar-refractivity contribution is 0.0513. The number of urea groups is 1. The summed E-state index contributed by atoms with van der Waals surface area (Å²) in [6.45, 7) is 6.78. The van der Waals surface area contributed by atoms with Crippen molar-refractivity contribution in [1.29, 1.82) is 0 Å². The van der Waals surface area contributed by atoms with Crippen molar-refractivity contribution in [3.8, 4) is 16.8 Å². The third-order valence-corrected chi connectivity index (χ3v) is 7.88. The summed E-state index contributed by atoms with van der Waals surface area (Å²) in [5.74, 6) is -0.272. The van der Waals surface area contributed by atoms with E-state index in [0.717, 1.165) is 54.0 Å². The quantitative estimate of drug-likeness (QED) is 0.334. The maximum Gasteiger partial charge on any atom is 0.317 e. The summed E-state index contributed by atoms with van der Waals surface area (Å²) in [4.78, 5) is 39.1. The number of imidazole rings is 1. The Balaban J connectivity index is 1.18. The van der Waals surface area contributed by atoms with Crippen molar-refractivity contribution in [2.75, 3.05) is 44.7 Å². The summed E-state index contributed by atoms with van der Waals surface area (Å²) in [6, 6.07) is 19.8. The van der Waals surface area contributed by atoms with Crippen molar-refractivity contribution >= 4 is 17.6 Å². The smallest absolute Gasteiger partial charge is 0.317 e. The Morgan fingerprint density at radius 1 is 0.977 bits per heavy atom. The molecule has 4 heterocycles. The number of nitrogens with zero attached hydrogens (tertiary/aromatic N) is 5. The van der Waals surface area contributed by atoms with Crippen molar-refractivity contribution in [2.24, 2.45) is 0 Å². The van der Waals surface area contributed by atoms with E-state index in [1.807, 2.05) is 77.2 Å². The predicted molar refractivity (Wildman–Crippen MR) is 165 cm³/mol. The Labute approximate surface area is 251 Å². The second-order valence-corrected chi connectivity index (χ2v) is 11.2. The number of hydrogen-bond acceptors (Lipinski definition) is 6. The third kappa shape index (κ3) is 7.28. The minimum absolute atomic E-state index is 0.0115. The number of benzene rings is 2. The van der Waals surface area contributed by atoms with Crippen molar-refractivity contribution in [3.63, 3.8) is 0 Å². The van der Waals surface area contributed by atoms with Crippen LogP contribution in [-0.4, -0.2) is 81.7 Å². The molecule has 2 fully saturated rings. The number of carbonyl (C=O) groups excluding carboxylic acids is 2. The molecular weight excluding hydrogens is 542 g/mol. The fourth-order valence-corrected chi connectivity index (χ4v) is 5.72. The normalized spacial score (nSPS) is 17.4. The molecule has 10 heteroatoms. The average molecular weight is 580 g/mol. The van der Waals surface area contributed by atoms with Gasteiger partial charge in [0.15, 0.2) is 0 Å². The molecule has 10 nitrogen and oxygen atoms in total. The molecule has 3 amide bonds. The summed E-state index contributed by atoms with van der Waals surface area (Å²) >= 11 is 0. The van der Waals surface area contributed by atoms with Gasteiger partial charge in [-0.05, 0) is 73.3 Å². The lowest BCUT2D eigenvalue weighted by Crippen LogP contribution is -2.53. The van der Waals surface area contributed by atoms with E-state index in [4.69, 9.17) is 4.74 Å². The van der Waals surface area contributed by atoms with Crippen LogP contribution in [0.1, 0.15) is 34.6 Å². The van der Waals surface area contributed by atoms with E-state index in [1.165, 1.54) is 0 Å². The summed E-state index contributed by atoms with van der Waals surface area (Å²) in [7, 11) is 0. The fraction of sp³-hybridized carbons (Fsp3) is 0.333. The van der Waals surface area contributed by atoms with Crippen LogP contribution in [0.15, 0.2) is 79.4 Å². The van der Waals surface area contributed by atoms with E-state index in [1.54, 1.807) is 12.5 Å². The van der Waals surface area contributed by atoms with Gasteiger partial charge in [0.2, 0.25) is 0 Å². The van der Waals surface area contributed by atoms with Crippen LogP contribution in [0.3, 0.4) is 0 Å². The standard InChI is InChI=1S/C33H37N7O3/c1-24-20-40(23-35-24)30-17-25(21-38-11-5-8-28(22-38)37-33(42)39-12-14-43-15-13-39)16-29(19-30)36-32(41)31-18-27(9-10-34-31)26-6-3-2-4-7-26/h2-4,6-7,9-10,16-20,23,28H,5,8,11-15,21-22H2,1H3,(H,36,41)(H,37,42). The van der Waals surface area contributed by atoms with Crippen LogP contribution < -0.4 is 10.6 Å². The Kier molecular flexibility index (Phi) is 8.76. The van der Waals surface area contributed by atoms with Gasteiger partial charge in [-0.15, -0.1) is 0 Å². The first kappa shape index (κ1) is 28.6. The van der Waals surface area contributed by atoms with Crippen LogP contribution in [0.25, 0.3) is 16.8 Å². The Morgan fingerprint density at radius 3 is 2.60 bits per heavy atom. The molecule has 2 aromatic heterocycles. The molecular formula is C33H37N7O3. The van der Waals surface area contributed by atoms with Crippen LogP contribution >= 0.6 is 0 Å². The lowest BCUT2D eigenvalue weighted by atomic mass is 10.0.